The van der Waals surface area contributed by atoms with E-state index in [0.29, 0.717) is 47.6 Å². The zero-order chi connectivity index (χ0) is 24.7. The minimum Gasteiger partial charge on any atom is -0.477 e. The fourth-order valence-electron chi connectivity index (χ4n) is 3.98. The molecule has 4 aromatic heterocycles. The molecule has 1 aliphatic rings. The molecule has 5 rings (SSSR count). The van der Waals surface area contributed by atoms with E-state index >= 15 is 0 Å². The average Bonchev–Trinajstić information content (AvgIpc) is 3.32. The van der Waals surface area contributed by atoms with Crippen LogP contribution in [0.5, 0.6) is 0 Å². The second-order valence-corrected chi connectivity index (χ2v) is 8.83. The molecule has 0 bridgehead atoms. The quantitative estimate of drug-likeness (QED) is 0.285. The van der Waals surface area contributed by atoms with Crippen LogP contribution in [0.15, 0.2) is 41.7 Å². The van der Waals surface area contributed by atoms with E-state index in [-0.39, 0.29) is 22.6 Å². The number of hydrogen-bond acceptors (Lipinski definition) is 11. The van der Waals surface area contributed by atoms with Crippen molar-refractivity contribution in [1.82, 2.24) is 23.9 Å². The molecule has 0 spiro atoms. The van der Waals surface area contributed by atoms with Crippen LogP contribution < -0.4 is 15.6 Å². The topological polar surface area (TPSA) is 169 Å². The van der Waals surface area contributed by atoms with E-state index in [2.05, 4.69) is 24.6 Å². The van der Waals surface area contributed by atoms with E-state index in [0.717, 1.165) is 11.5 Å². The molecule has 1 aliphatic heterocycles. The smallest absolute Gasteiger partial charge is 0.341 e. The summed E-state index contributed by atoms with van der Waals surface area (Å²) in [5.41, 5.74) is -0.0656. The summed E-state index contributed by atoms with van der Waals surface area (Å²) in [6.45, 7) is 3.68. The van der Waals surface area contributed by atoms with Gasteiger partial charge in [0.25, 0.3) is 5.69 Å². The van der Waals surface area contributed by atoms with Gasteiger partial charge in [-0.2, -0.15) is 4.37 Å². The van der Waals surface area contributed by atoms with Crippen molar-refractivity contribution in [2.24, 2.45) is 5.92 Å². The van der Waals surface area contributed by atoms with Gasteiger partial charge in [0.2, 0.25) is 10.6 Å². The van der Waals surface area contributed by atoms with E-state index in [9.17, 15) is 24.8 Å². The number of carboxylic acid groups (broad SMARTS) is 1. The Kier molecular flexibility index (Phi) is 5.56. The summed E-state index contributed by atoms with van der Waals surface area (Å²) < 4.78 is 5.46. The molecule has 0 radical (unpaired) electrons. The summed E-state index contributed by atoms with van der Waals surface area (Å²) in [5.74, 6) is 0.0247. The molecule has 0 amide bonds. The Morgan fingerprint density at radius 2 is 2.14 bits per heavy atom. The zero-order valence-electron chi connectivity index (χ0n) is 18.3. The van der Waals surface area contributed by atoms with Crippen LogP contribution in [-0.2, 0) is 0 Å². The second-order valence-electron chi connectivity index (χ2n) is 8.08. The highest BCUT2D eigenvalue weighted by atomic mass is 32.1. The van der Waals surface area contributed by atoms with Crippen LogP contribution in [0.3, 0.4) is 0 Å². The number of carbonyl (C=O) groups is 1. The Hall–Kier alpha value is -4.46. The summed E-state index contributed by atoms with van der Waals surface area (Å²) in [4.78, 5) is 50.0. The fourth-order valence-corrected chi connectivity index (χ4v) is 4.49. The summed E-state index contributed by atoms with van der Waals surface area (Å²) in [6, 6.07) is 4.50. The number of nitro groups is 1. The van der Waals surface area contributed by atoms with Crippen molar-refractivity contribution in [3.05, 3.63) is 68.4 Å². The SMILES string of the molecule is Cc1cc(N2CC(CNc3cc([N+](=O)[O-])ccn3)C2)nc2c1c(=O)c(C(=O)O)cn2-c1ncns1. The molecule has 178 valence electrons. The van der Waals surface area contributed by atoms with Gasteiger partial charge in [0, 0.05) is 55.5 Å². The molecule has 0 aliphatic carbocycles. The number of nitrogens with zero attached hydrogens (tertiary/aromatic N) is 7. The number of nitrogens with one attached hydrogen (secondary N) is 1. The van der Waals surface area contributed by atoms with Gasteiger partial charge in [0.15, 0.2) is 5.65 Å². The highest BCUT2D eigenvalue weighted by Gasteiger charge is 2.29. The number of anilines is 2. The van der Waals surface area contributed by atoms with Crippen LogP contribution in [0.25, 0.3) is 16.2 Å². The Balaban J connectivity index is 1.39. The van der Waals surface area contributed by atoms with Gasteiger partial charge in [0.1, 0.15) is 23.5 Å². The molecule has 0 unspecified atom stereocenters. The summed E-state index contributed by atoms with van der Waals surface area (Å²) in [6.07, 6.45) is 3.98. The number of pyridine rings is 3. The predicted octanol–water partition coefficient (Wildman–Crippen LogP) is 2.10. The highest BCUT2D eigenvalue weighted by molar-refractivity contribution is 7.08. The summed E-state index contributed by atoms with van der Waals surface area (Å²) in [5, 5.41) is 24.2. The van der Waals surface area contributed by atoms with Crippen molar-refractivity contribution in [2.45, 2.75) is 6.92 Å². The van der Waals surface area contributed by atoms with E-state index in [1.165, 1.54) is 35.4 Å². The third-order valence-corrected chi connectivity index (χ3v) is 6.40. The van der Waals surface area contributed by atoms with Crippen molar-refractivity contribution in [1.29, 1.82) is 0 Å². The van der Waals surface area contributed by atoms with Crippen molar-refractivity contribution in [3.8, 4) is 5.13 Å². The van der Waals surface area contributed by atoms with Gasteiger partial charge in [-0.05, 0) is 18.6 Å². The maximum absolute atomic E-state index is 12.9. The number of aromatic nitrogens is 5. The lowest BCUT2D eigenvalue weighted by atomic mass is 9.99. The molecule has 1 saturated heterocycles. The van der Waals surface area contributed by atoms with Gasteiger partial charge >= 0.3 is 5.97 Å². The van der Waals surface area contributed by atoms with Crippen molar-refractivity contribution in [2.75, 3.05) is 29.9 Å². The number of aromatic carboxylic acids is 1. The lowest BCUT2D eigenvalue weighted by Gasteiger charge is -2.40. The second kappa shape index (κ2) is 8.72. The van der Waals surface area contributed by atoms with Crippen LogP contribution in [0, 0.1) is 23.0 Å². The minimum atomic E-state index is -1.32. The van der Waals surface area contributed by atoms with Gasteiger partial charge in [-0.25, -0.2) is 19.7 Å². The van der Waals surface area contributed by atoms with Gasteiger partial charge in [0.05, 0.1) is 16.4 Å². The van der Waals surface area contributed by atoms with Gasteiger partial charge in [-0.3, -0.25) is 19.5 Å². The normalized spacial score (nSPS) is 13.6. The standard InChI is InChI=1S/C21H18N8O5S/c1-11-4-16(27-7-12(8-27)6-23-15-5-13(29(33)34)2-3-22-15)26-19-17(11)18(30)14(20(31)32)9-28(19)21-24-10-25-35-21/h2-5,9-10,12H,6-8H2,1H3,(H,22,23)(H,31,32). The van der Waals surface area contributed by atoms with Crippen LogP contribution in [0.2, 0.25) is 0 Å². The number of carboxylic acids is 1. The molecule has 0 atom stereocenters. The number of aryl methyl sites for hydroxylation is 1. The van der Waals surface area contributed by atoms with E-state index in [4.69, 9.17) is 0 Å². The predicted molar refractivity (Wildman–Crippen MR) is 128 cm³/mol. The van der Waals surface area contributed by atoms with Crippen LogP contribution in [-0.4, -0.2) is 59.5 Å². The van der Waals surface area contributed by atoms with E-state index in [1.54, 1.807) is 13.0 Å². The number of fused-ring (bicyclic) bond motifs is 1. The van der Waals surface area contributed by atoms with Crippen molar-refractivity contribution < 1.29 is 14.8 Å². The molecule has 14 heteroatoms. The number of rotatable bonds is 7. The average molecular weight is 494 g/mol. The first-order chi connectivity index (χ1) is 16.8. The largest absolute Gasteiger partial charge is 0.477 e. The maximum atomic E-state index is 12.9. The molecule has 0 saturated carbocycles. The summed E-state index contributed by atoms with van der Waals surface area (Å²) >= 11 is 1.06. The molecule has 4 aromatic rings. The van der Waals surface area contributed by atoms with Gasteiger partial charge in [-0.1, -0.05) is 0 Å². The zero-order valence-corrected chi connectivity index (χ0v) is 19.1. The Labute approximate surface area is 201 Å². The van der Waals surface area contributed by atoms with Gasteiger partial charge < -0.3 is 15.3 Å². The molecule has 0 aromatic carbocycles. The third-order valence-electron chi connectivity index (χ3n) is 5.74. The molecule has 5 heterocycles. The Morgan fingerprint density at radius 1 is 1.34 bits per heavy atom. The highest BCUT2D eigenvalue weighted by Crippen LogP contribution is 2.28. The monoisotopic (exact) mass is 494 g/mol. The first-order valence-corrected chi connectivity index (χ1v) is 11.3. The van der Waals surface area contributed by atoms with Crippen LogP contribution in [0.1, 0.15) is 15.9 Å². The van der Waals surface area contributed by atoms with E-state index < -0.39 is 16.3 Å². The maximum Gasteiger partial charge on any atom is 0.341 e. The fraction of sp³-hybridized carbons (Fsp3) is 0.238. The third kappa shape index (κ3) is 4.14. The van der Waals surface area contributed by atoms with Crippen molar-refractivity contribution >= 4 is 45.9 Å². The molecular weight excluding hydrogens is 476 g/mol. The Bertz CT molecular complexity index is 1510. The molecule has 1 fully saturated rings. The lowest BCUT2D eigenvalue weighted by molar-refractivity contribution is -0.384. The summed E-state index contributed by atoms with van der Waals surface area (Å²) in [7, 11) is 0. The molecule has 2 N–H and O–H groups in total. The molecule has 13 nitrogen and oxygen atoms in total. The lowest BCUT2D eigenvalue weighted by Crippen LogP contribution is -2.50. The molecular formula is C21H18N8O5S. The van der Waals surface area contributed by atoms with Gasteiger partial charge in [-0.15, -0.1) is 0 Å². The van der Waals surface area contributed by atoms with Crippen molar-refractivity contribution in [3.63, 3.8) is 0 Å². The first-order valence-electron chi connectivity index (χ1n) is 10.5. The van der Waals surface area contributed by atoms with Crippen LogP contribution >= 0.6 is 11.5 Å². The Morgan fingerprint density at radius 3 is 2.83 bits per heavy atom. The number of hydrogen-bond donors (Lipinski definition) is 2. The van der Waals surface area contributed by atoms with Crippen LogP contribution in [0.4, 0.5) is 17.3 Å². The minimum absolute atomic E-state index is 0.0268. The van der Waals surface area contributed by atoms with E-state index in [1.807, 2.05) is 4.90 Å². The molecule has 35 heavy (non-hydrogen) atoms. The first kappa shape index (κ1) is 22.3.